The number of anilines is 3. The number of nitrogens with zero attached hydrogens (tertiary/aromatic N) is 5. The molecule has 37 heavy (non-hydrogen) atoms. The summed E-state index contributed by atoms with van der Waals surface area (Å²) in [5.41, 5.74) is 1.10. The van der Waals surface area contributed by atoms with Crippen molar-refractivity contribution in [2.24, 2.45) is 0 Å². The lowest BCUT2D eigenvalue weighted by atomic mass is 10.3. The summed E-state index contributed by atoms with van der Waals surface area (Å²) >= 11 is 0. The average Bonchev–Trinajstić information content (AvgIpc) is 2.89. The molecule has 3 heterocycles. The van der Waals surface area contributed by atoms with E-state index in [0.29, 0.717) is 55.1 Å². The number of nitrogens with one attached hydrogen (secondary N) is 1. The Balaban J connectivity index is 1.24. The van der Waals surface area contributed by atoms with E-state index in [9.17, 15) is 8.42 Å². The summed E-state index contributed by atoms with van der Waals surface area (Å²) in [6.07, 6.45) is 1.75. The second-order valence-electron chi connectivity index (χ2n) is 8.78. The largest absolute Gasteiger partial charge is 0.457 e. The zero-order chi connectivity index (χ0) is 25.8. The fourth-order valence-electron chi connectivity index (χ4n) is 4.12. The molecule has 0 amide bonds. The second-order valence-corrected chi connectivity index (χ2v) is 10.7. The minimum Gasteiger partial charge on any atom is -0.457 e. The van der Waals surface area contributed by atoms with Gasteiger partial charge in [0.05, 0.1) is 4.90 Å². The van der Waals surface area contributed by atoms with Crippen LogP contribution in [0.4, 0.5) is 17.5 Å². The monoisotopic (exact) mass is 516 g/mol. The predicted molar refractivity (Wildman–Crippen MR) is 143 cm³/mol. The van der Waals surface area contributed by atoms with Gasteiger partial charge in [-0.3, -0.25) is 0 Å². The zero-order valence-corrected chi connectivity index (χ0v) is 21.5. The average molecular weight is 517 g/mol. The van der Waals surface area contributed by atoms with E-state index in [1.165, 1.54) is 4.31 Å². The van der Waals surface area contributed by atoms with Crippen molar-refractivity contribution in [2.45, 2.75) is 18.7 Å². The van der Waals surface area contributed by atoms with Crippen LogP contribution in [-0.2, 0) is 10.0 Å². The van der Waals surface area contributed by atoms with Crippen molar-refractivity contribution >= 4 is 27.5 Å². The molecule has 0 atom stereocenters. The van der Waals surface area contributed by atoms with E-state index in [4.69, 9.17) is 4.74 Å². The molecular formula is C27H28N6O3S. The fourth-order valence-corrected chi connectivity index (χ4v) is 5.55. The SMILES string of the molecule is Cc1ccnc(Nc2cc(N3CCN(S(=O)(=O)c4ccc(Oc5ccccc5)cc4)CC3)nc(C)n2)c1. The third-order valence-electron chi connectivity index (χ3n) is 6.00. The summed E-state index contributed by atoms with van der Waals surface area (Å²) in [6, 6.07) is 21.7. The summed E-state index contributed by atoms with van der Waals surface area (Å²) in [5, 5.41) is 3.23. The van der Waals surface area contributed by atoms with Crippen LogP contribution in [0.15, 0.2) is 83.9 Å². The van der Waals surface area contributed by atoms with Crippen molar-refractivity contribution in [3.05, 3.63) is 90.4 Å². The first-order valence-corrected chi connectivity index (χ1v) is 13.4. The van der Waals surface area contributed by atoms with Crippen molar-refractivity contribution in [3.63, 3.8) is 0 Å². The molecule has 0 spiro atoms. The standard InChI is InChI=1S/C27H28N6O3S/c1-20-12-13-28-25(18-20)31-26-19-27(30-21(2)29-26)32-14-16-33(17-15-32)37(34,35)24-10-8-23(9-11-24)36-22-6-4-3-5-7-22/h3-13,18-19H,14-17H2,1-2H3,(H,28,29,30,31). The Morgan fingerprint density at radius 3 is 2.22 bits per heavy atom. The van der Waals surface area contributed by atoms with Gasteiger partial charge >= 0.3 is 0 Å². The highest BCUT2D eigenvalue weighted by Gasteiger charge is 2.29. The number of rotatable bonds is 7. The van der Waals surface area contributed by atoms with E-state index in [2.05, 4.69) is 25.2 Å². The van der Waals surface area contributed by atoms with Crippen LogP contribution in [0.2, 0.25) is 0 Å². The Hall–Kier alpha value is -4.02. The third-order valence-corrected chi connectivity index (χ3v) is 7.91. The van der Waals surface area contributed by atoms with Crippen LogP contribution >= 0.6 is 0 Å². The smallest absolute Gasteiger partial charge is 0.243 e. The minimum atomic E-state index is -3.62. The molecule has 0 unspecified atom stereocenters. The molecule has 5 rings (SSSR count). The number of para-hydroxylation sites is 1. The van der Waals surface area contributed by atoms with Crippen molar-refractivity contribution in [1.29, 1.82) is 0 Å². The van der Waals surface area contributed by atoms with Crippen LogP contribution < -0.4 is 15.0 Å². The molecule has 2 aromatic carbocycles. The maximum Gasteiger partial charge on any atom is 0.243 e. The summed E-state index contributed by atoms with van der Waals surface area (Å²) < 4.78 is 33.8. The van der Waals surface area contributed by atoms with E-state index < -0.39 is 10.0 Å². The van der Waals surface area contributed by atoms with Gasteiger partial charge in [-0.1, -0.05) is 18.2 Å². The fraction of sp³-hybridized carbons (Fsp3) is 0.222. The van der Waals surface area contributed by atoms with E-state index in [0.717, 1.165) is 11.4 Å². The van der Waals surface area contributed by atoms with Gasteiger partial charge in [0.2, 0.25) is 10.0 Å². The zero-order valence-electron chi connectivity index (χ0n) is 20.7. The number of pyridine rings is 1. The Morgan fingerprint density at radius 2 is 1.51 bits per heavy atom. The first-order chi connectivity index (χ1) is 17.9. The molecule has 1 aliphatic heterocycles. The number of ether oxygens (including phenoxy) is 1. The molecule has 1 aliphatic rings. The van der Waals surface area contributed by atoms with Crippen LogP contribution in [-0.4, -0.2) is 53.9 Å². The van der Waals surface area contributed by atoms with Gasteiger partial charge in [-0.25, -0.2) is 23.4 Å². The summed E-state index contributed by atoms with van der Waals surface area (Å²) in [5.74, 6) is 4.01. The van der Waals surface area contributed by atoms with Crippen molar-refractivity contribution in [3.8, 4) is 11.5 Å². The van der Waals surface area contributed by atoms with E-state index in [1.54, 1.807) is 30.5 Å². The van der Waals surface area contributed by atoms with Crippen molar-refractivity contribution in [2.75, 3.05) is 36.4 Å². The number of aryl methyl sites for hydroxylation is 2. The molecule has 2 aromatic heterocycles. The number of hydrogen-bond donors (Lipinski definition) is 1. The molecule has 190 valence electrons. The van der Waals surface area contributed by atoms with Crippen molar-refractivity contribution in [1.82, 2.24) is 19.3 Å². The first-order valence-electron chi connectivity index (χ1n) is 12.0. The molecule has 1 saturated heterocycles. The van der Waals surface area contributed by atoms with E-state index in [-0.39, 0.29) is 4.90 Å². The van der Waals surface area contributed by atoms with Gasteiger partial charge in [0.15, 0.2) is 0 Å². The normalized spacial score (nSPS) is 14.4. The number of aromatic nitrogens is 3. The number of benzene rings is 2. The quantitative estimate of drug-likeness (QED) is 0.382. The van der Waals surface area contributed by atoms with Crippen LogP contribution in [0, 0.1) is 13.8 Å². The molecule has 1 N–H and O–H groups in total. The minimum absolute atomic E-state index is 0.247. The number of piperazine rings is 1. The molecule has 4 aromatic rings. The highest BCUT2D eigenvalue weighted by atomic mass is 32.2. The molecule has 0 radical (unpaired) electrons. The molecular weight excluding hydrogens is 488 g/mol. The summed E-state index contributed by atoms with van der Waals surface area (Å²) in [7, 11) is -3.62. The van der Waals surface area contributed by atoms with Crippen LogP contribution in [0.1, 0.15) is 11.4 Å². The highest BCUT2D eigenvalue weighted by molar-refractivity contribution is 7.89. The maximum absolute atomic E-state index is 13.3. The van der Waals surface area contributed by atoms with Gasteiger partial charge < -0.3 is 15.0 Å². The van der Waals surface area contributed by atoms with Gasteiger partial charge in [-0.05, 0) is 67.9 Å². The van der Waals surface area contributed by atoms with Crippen LogP contribution in [0.3, 0.4) is 0 Å². The topological polar surface area (TPSA) is 101 Å². The maximum atomic E-state index is 13.3. The molecule has 10 heteroatoms. The van der Waals surface area contributed by atoms with Gasteiger partial charge in [0.25, 0.3) is 0 Å². The lowest BCUT2D eigenvalue weighted by Gasteiger charge is -2.34. The predicted octanol–water partition coefficient (Wildman–Crippen LogP) is 4.54. The lowest BCUT2D eigenvalue weighted by molar-refractivity contribution is 0.383. The van der Waals surface area contributed by atoms with Gasteiger partial charge in [0.1, 0.15) is 34.8 Å². The van der Waals surface area contributed by atoms with Gasteiger partial charge in [0, 0.05) is 38.4 Å². The number of sulfonamides is 1. The first kappa shape index (κ1) is 24.7. The van der Waals surface area contributed by atoms with Crippen LogP contribution in [0.25, 0.3) is 0 Å². The van der Waals surface area contributed by atoms with E-state index >= 15 is 0 Å². The molecule has 9 nitrogen and oxygen atoms in total. The van der Waals surface area contributed by atoms with Gasteiger partial charge in [-0.2, -0.15) is 4.31 Å². The highest BCUT2D eigenvalue weighted by Crippen LogP contribution is 2.26. The van der Waals surface area contributed by atoms with Crippen molar-refractivity contribution < 1.29 is 13.2 Å². The van der Waals surface area contributed by atoms with Gasteiger partial charge in [-0.15, -0.1) is 0 Å². The molecule has 0 saturated carbocycles. The Bertz CT molecular complexity index is 1470. The Labute approximate surface area is 216 Å². The lowest BCUT2D eigenvalue weighted by Crippen LogP contribution is -2.49. The van der Waals surface area contributed by atoms with E-state index in [1.807, 2.05) is 62.4 Å². The van der Waals surface area contributed by atoms with Crippen LogP contribution in [0.5, 0.6) is 11.5 Å². The molecule has 1 fully saturated rings. The molecule has 0 aliphatic carbocycles. The summed E-state index contributed by atoms with van der Waals surface area (Å²) in [6.45, 7) is 5.60. The summed E-state index contributed by atoms with van der Waals surface area (Å²) in [4.78, 5) is 15.7. The Kier molecular flexibility index (Phi) is 7.02. The molecule has 0 bridgehead atoms. The number of hydrogen-bond acceptors (Lipinski definition) is 8. The third kappa shape index (κ3) is 5.87. The Morgan fingerprint density at radius 1 is 0.811 bits per heavy atom. The second kappa shape index (κ2) is 10.5.